The van der Waals surface area contributed by atoms with Gasteiger partial charge in [-0.1, -0.05) is 63.4 Å². The van der Waals surface area contributed by atoms with Gasteiger partial charge in [0.05, 0.1) is 17.9 Å². The lowest BCUT2D eigenvalue weighted by Crippen LogP contribution is -2.58. The number of halogens is 1. The lowest BCUT2D eigenvalue weighted by molar-refractivity contribution is -0.141. The van der Waals surface area contributed by atoms with E-state index in [2.05, 4.69) is 36.3 Å². The van der Waals surface area contributed by atoms with Gasteiger partial charge in [0, 0.05) is 29.8 Å². The Bertz CT molecular complexity index is 1240. The van der Waals surface area contributed by atoms with Crippen LogP contribution in [-0.4, -0.2) is 77.5 Å². The summed E-state index contributed by atoms with van der Waals surface area (Å²) >= 11 is 6.15. The minimum Gasteiger partial charge on any atom is -0.359 e. The Balaban J connectivity index is 1.24. The van der Waals surface area contributed by atoms with Gasteiger partial charge in [0.1, 0.15) is 11.6 Å². The minimum atomic E-state index is -1.15. The number of likely N-dealkylation sites (tertiary alicyclic amines) is 2. The number of carbonyl (C=O) groups excluding carboxylic acids is 3. The second-order valence-electron chi connectivity index (χ2n) is 13.5. The molecule has 1 aromatic rings. The average Bonchev–Trinajstić information content (AvgIpc) is 3.59. The number of hydrogen-bond donors (Lipinski definition) is 2. The van der Waals surface area contributed by atoms with Crippen LogP contribution in [0.1, 0.15) is 59.3 Å². The van der Waals surface area contributed by atoms with Crippen LogP contribution < -0.4 is 10.6 Å². The number of amides is 3. The lowest BCUT2D eigenvalue weighted by Gasteiger charge is -2.38. The van der Waals surface area contributed by atoms with Gasteiger partial charge in [-0.3, -0.25) is 14.4 Å². The number of fused-ring (bicyclic) bond motifs is 1. The highest BCUT2D eigenvalue weighted by atomic mass is 35.5. The summed E-state index contributed by atoms with van der Waals surface area (Å²) in [6, 6.07) is 6.24. The Morgan fingerprint density at radius 2 is 1.93 bits per heavy atom. The summed E-state index contributed by atoms with van der Waals surface area (Å²) in [6.45, 7) is 10.2. The van der Waals surface area contributed by atoms with E-state index in [1.54, 1.807) is 29.2 Å². The molecule has 4 aliphatic heterocycles. The predicted octanol–water partition coefficient (Wildman–Crippen LogP) is 4.49. The summed E-state index contributed by atoms with van der Waals surface area (Å²) in [6.07, 6.45) is 9.62. The van der Waals surface area contributed by atoms with Crippen LogP contribution in [0.4, 0.5) is 5.69 Å². The van der Waals surface area contributed by atoms with Crippen molar-refractivity contribution in [2.24, 2.45) is 29.6 Å². The van der Waals surface area contributed by atoms with Crippen LogP contribution in [0.3, 0.4) is 0 Å². The van der Waals surface area contributed by atoms with Gasteiger partial charge in [-0.25, -0.2) is 0 Å². The SMILES string of the molecule is C[C@@H]1CCCN(CCCN2C(=O)[C@@H]3[C@H](C(=O)Nc4cccc(Cl)c4)[C@@H]4C=C[C@@]3(O4)[C@@H]2C(=O)N[C@@H]2CCC[C@H](C)[C@@H]2C)C1. The molecule has 228 valence electrons. The molecule has 9 heteroatoms. The maximum Gasteiger partial charge on any atom is 0.246 e. The fourth-order valence-electron chi connectivity index (χ4n) is 8.30. The first-order chi connectivity index (χ1) is 20.2. The van der Waals surface area contributed by atoms with Gasteiger partial charge in [-0.15, -0.1) is 0 Å². The van der Waals surface area contributed by atoms with Crippen LogP contribution in [0, 0.1) is 29.6 Å². The predicted molar refractivity (Wildman–Crippen MR) is 163 cm³/mol. The van der Waals surface area contributed by atoms with Gasteiger partial charge in [-0.05, 0) is 74.7 Å². The summed E-state index contributed by atoms with van der Waals surface area (Å²) in [7, 11) is 0. The number of anilines is 1. The largest absolute Gasteiger partial charge is 0.359 e. The fraction of sp³-hybridized carbons (Fsp3) is 0.667. The number of hydrogen-bond acceptors (Lipinski definition) is 5. The normalized spacial score (nSPS) is 37.6. The number of nitrogens with one attached hydrogen (secondary N) is 2. The van der Waals surface area contributed by atoms with Crippen molar-refractivity contribution in [1.82, 2.24) is 15.1 Å². The van der Waals surface area contributed by atoms with Gasteiger partial charge < -0.3 is 25.2 Å². The number of carbonyl (C=O) groups is 3. The molecule has 9 atom stereocenters. The monoisotopic (exact) mass is 596 g/mol. The highest BCUT2D eigenvalue weighted by Gasteiger charge is 2.72. The van der Waals surface area contributed by atoms with E-state index < -0.39 is 29.6 Å². The first-order valence-electron chi connectivity index (χ1n) is 15.9. The molecule has 1 aliphatic carbocycles. The van der Waals surface area contributed by atoms with Crippen LogP contribution >= 0.6 is 11.6 Å². The molecule has 4 fully saturated rings. The molecule has 1 aromatic carbocycles. The molecule has 0 aromatic heterocycles. The highest BCUT2D eigenvalue weighted by Crippen LogP contribution is 2.55. The maximum atomic E-state index is 14.3. The zero-order chi connectivity index (χ0) is 29.6. The van der Waals surface area contributed by atoms with Crippen molar-refractivity contribution in [3.05, 3.63) is 41.4 Å². The Kier molecular flexibility index (Phi) is 8.42. The van der Waals surface area contributed by atoms with Crippen molar-refractivity contribution in [3.8, 4) is 0 Å². The van der Waals surface area contributed by atoms with E-state index in [9.17, 15) is 14.4 Å². The van der Waals surface area contributed by atoms with E-state index in [4.69, 9.17) is 16.3 Å². The summed E-state index contributed by atoms with van der Waals surface area (Å²) in [5.41, 5.74) is -0.577. The van der Waals surface area contributed by atoms with Crippen molar-refractivity contribution in [2.75, 3.05) is 31.5 Å². The van der Waals surface area contributed by atoms with Gasteiger partial charge >= 0.3 is 0 Å². The molecule has 3 saturated heterocycles. The number of nitrogens with zero attached hydrogens (tertiary/aromatic N) is 2. The number of ether oxygens (including phenoxy) is 1. The van der Waals surface area contributed by atoms with E-state index in [1.807, 2.05) is 12.2 Å². The molecule has 5 aliphatic rings. The molecule has 0 unspecified atom stereocenters. The van der Waals surface area contributed by atoms with Crippen LogP contribution in [0.25, 0.3) is 0 Å². The second kappa shape index (κ2) is 11.9. The standard InChI is InChI=1S/C33H45ClN4O4/c1-20-8-6-15-37(19-20)16-7-17-38-29(31(40)36-25-12-4-9-21(2)22(25)3)33-14-13-26(42-33)27(28(33)32(38)41)30(39)35-24-11-5-10-23(34)18-24/h5,10-11,13-14,18,20-22,25-29H,4,6-9,12,15-17,19H2,1-3H3,(H,35,39)(H,36,40)/t20-,21+,22+,25-,26+,27-,28+,29+,33+/m1/s1. The van der Waals surface area contributed by atoms with Crippen molar-refractivity contribution in [2.45, 2.75) is 83.1 Å². The molecule has 8 nitrogen and oxygen atoms in total. The highest BCUT2D eigenvalue weighted by molar-refractivity contribution is 6.30. The van der Waals surface area contributed by atoms with Crippen LogP contribution in [0.5, 0.6) is 0 Å². The third-order valence-corrected chi connectivity index (χ3v) is 10.9. The van der Waals surface area contributed by atoms with E-state index in [-0.39, 0.29) is 23.8 Å². The Morgan fingerprint density at radius 3 is 2.71 bits per heavy atom. The smallest absolute Gasteiger partial charge is 0.246 e. The summed E-state index contributed by atoms with van der Waals surface area (Å²) in [4.78, 5) is 46.4. The zero-order valence-electron chi connectivity index (χ0n) is 25.1. The molecule has 42 heavy (non-hydrogen) atoms. The molecule has 2 N–H and O–H groups in total. The second-order valence-corrected chi connectivity index (χ2v) is 14.0. The molecule has 4 heterocycles. The Morgan fingerprint density at radius 1 is 1.10 bits per heavy atom. The minimum absolute atomic E-state index is 0.0630. The Labute approximate surface area is 254 Å². The molecular weight excluding hydrogens is 552 g/mol. The first kappa shape index (κ1) is 29.6. The number of rotatable bonds is 8. The lowest BCUT2D eigenvalue weighted by atomic mass is 9.73. The summed E-state index contributed by atoms with van der Waals surface area (Å²) < 4.78 is 6.53. The topological polar surface area (TPSA) is 91.0 Å². The van der Waals surface area contributed by atoms with Crippen LogP contribution in [0.2, 0.25) is 5.02 Å². The first-order valence-corrected chi connectivity index (χ1v) is 16.3. The average molecular weight is 597 g/mol. The number of benzene rings is 1. The summed E-state index contributed by atoms with van der Waals surface area (Å²) in [5, 5.41) is 6.81. The van der Waals surface area contributed by atoms with Gasteiger partial charge in [0.2, 0.25) is 17.7 Å². The molecule has 3 amide bonds. The van der Waals surface area contributed by atoms with Gasteiger partial charge in [0.15, 0.2) is 0 Å². The van der Waals surface area contributed by atoms with Crippen molar-refractivity contribution < 1.29 is 19.1 Å². The third kappa shape index (κ3) is 5.39. The van der Waals surface area contributed by atoms with E-state index in [1.165, 1.54) is 19.3 Å². The molecule has 2 bridgehead atoms. The van der Waals surface area contributed by atoms with E-state index in [0.29, 0.717) is 35.0 Å². The summed E-state index contributed by atoms with van der Waals surface area (Å²) in [5.74, 6) is -0.522. The molecule has 1 saturated carbocycles. The third-order valence-electron chi connectivity index (χ3n) is 10.7. The van der Waals surface area contributed by atoms with Crippen molar-refractivity contribution in [3.63, 3.8) is 0 Å². The van der Waals surface area contributed by atoms with E-state index in [0.717, 1.165) is 38.9 Å². The Hall–Kier alpha value is -2.42. The van der Waals surface area contributed by atoms with Gasteiger partial charge in [0.25, 0.3) is 0 Å². The van der Waals surface area contributed by atoms with Crippen LogP contribution in [-0.2, 0) is 19.1 Å². The zero-order valence-corrected chi connectivity index (χ0v) is 25.8. The van der Waals surface area contributed by atoms with Crippen molar-refractivity contribution >= 4 is 35.0 Å². The number of piperidine rings is 1. The maximum absolute atomic E-state index is 14.3. The molecule has 0 radical (unpaired) electrons. The fourth-order valence-corrected chi connectivity index (χ4v) is 8.49. The van der Waals surface area contributed by atoms with Crippen LogP contribution in [0.15, 0.2) is 36.4 Å². The van der Waals surface area contributed by atoms with Crippen molar-refractivity contribution in [1.29, 1.82) is 0 Å². The van der Waals surface area contributed by atoms with Gasteiger partial charge in [-0.2, -0.15) is 0 Å². The quantitative estimate of drug-likeness (QED) is 0.432. The van der Waals surface area contributed by atoms with E-state index >= 15 is 0 Å². The molecular formula is C33H45ClN4O4. The molecule has 6 rings (SSSR count). The molecule has 1 spiro atoms.